The van der Waals surface area contributed by atoms with Crippen LogP contribution >= 0.6 is 0 Å². The molecule has 1 N–H and O–H groups in total. The number of carbonyl (C=O) groups excluding carboxylic acids is 1. The number of aromatic nitrogens is 3. The lowest BCUT2D eigenvalue weighted by Gasteiger charge is -2.15. The van der Waals surface area contributed by atoms with Crippen molar-refractivity contribution in [2.75, 3.05) is 0 Å². The van der Waals surface area contributed by atoms with Crippen molar-refractivity contribution in [2.45, 2.75) is 20.0 Å². The molecule has 5 rings (SSSR count). The topological polar surface area (TPSA) is 53.9 Å². The molecule has 0 saturated heterocycles. The van der Waals surface area contributed by atoms with Gasteiger partial charge in [-0.2, -0.15) is 5.10 Å². The van der Waals surface area contributed by atoms with Gasteiger partial charge in [0.25, 0.3) is 5.91 Å². The summed E-state index contributed by atoms with van der Waals surface area (Å²) in [7, 11) is 0. The molecule has 2 aromatic heterocycles. The van der Waals surface area contributed by atoms with Gasteiger partial charge in [-0.05, 0) is 30.7 Å². The molecule has 0 saturated carbocycles. The van der Waals surface area contributed by atoms with Gasteiger partial charge >= 0.3 is 0 Å². The third-order valence-electron chi connectivity index (χ3n) is 5.04. The molecule has 4 aromatic rings. The summed E-state index contributed by atoms with van der Waals surface area (Å²) in [6.45, 7) is 3.21. The molecule has 1 amide bonds. The summed E-state index contributed by atoms with van der Waals surface area (Å²) in [4.78, 5) is 18.2. The number of fused-ring (bicyclic) bond motifs is 2. The Morgan fingerprint density at radius 1 is 1.08 bits per heavy atom. The highest BCUT2D eigenvalue weighted by molar-refractivity contribution is 5.98. The molecule has 3 heterocycles. The van der Waals surface area contributed by atoms with Gasteiger partial charge in [0.1, 0.15) is 5.69 Å². The second kappa shape index (κ2) is 5.59. The zero-order valence-corrected chi connectivity index (χ0v) is 14.4. The average molecular weight is 342 g/mol. The normalized spacial score (nSPS) is 13.3. The first-order chi connectivity index (χ1) is 12.7. The maximum absolute atomic E-state index is 13.0. The number of carbonyl (C=O) groups is 1. The smallest absolute Gasteiger partial charge is 0.270 e. The van der Waals surface area contributed by atoms with E-state index in [9.17, 15) is 4.79 Å². The van der Waals surface area contributed by atoms with Crippen LogP contribution in [0.3, 0.4) is 0 Å². The van der Waals surface area contributed by atoms with E-state index >= 15 is 0 Å². The highest BCUT2D eigenvalue weighted by atomic mass is 16.2. The van der Waals surface area contributed by atoms with Crippen molar-refractivity contribution < 1.29 is 4.79 Å². The number of nitrogens with zero attached hydrogens (tertiary/aromatic N) is 3. The van der Waals surface area contributed by atoms with Gasteiger partial charge in [-0.1, -0.05) is 36.4 Å². The van der Waals surface area contributed by atoms with Crippen LogP contribution < -0.4 is 0 Å². The minimum Gasteiger partial charge on any atom is -0.350 e. The molecule has 5 heteroatoms. The lowest BCUT2D eigenvalue weighted by molar-refractivity contribution is 0.0744. The van der Waals surface area contributed by atoms with Crippen LogP contribution in [-0.4, -0.2) is 25.6 Å². The van der Waals surface area contributed by atoms with Crippen LogP contribution in [0.5, 0.6) is 0 Å². The van der Waals surface area contributed by atoms with E-state index in [2.05, 4.69) is 10.1 Å². The number of amides is 1. The molecular weight excluding hydrogens is 324 g/mol. The predicted molar refractivity (Wildman–Crippen MR) is 100 cm³/mol. The fourth-order valence-corrected chi connectivity index (χ4v) is 3.68. The van der Waals surface area contributed by atoms with E-state index in [0.717, 1.165) is 33.4 Å². The van der Waals surface area contributed by atoms with Crippen molar-refractivity contribution >= 4 is 16.8 Å². The van der Waals surface area contributed by atoms with Crippen LogP contribution in [-0.2, 0) is 13.1 Å². The Morgan fingerprint density at radius 2 is 1.92 bits per heavy atom. The number of H-pyrrole nitrogens is 1. The van der Waals surface area contributed by atoms with E-state index in [4.69, 9.17) is 0 Å². The lowest BCUT2D eigenvalue weighted by atomic mass is 10.2. The number of aromatic amines is 1. The molecule has 1 aliphatic rings. The molecule has 0 aliphatic carbocycles. The van der Waals surface area contributed by atoms with Crippen molar-refractivity contribution in [1.29, 1.82) is 0 Å². The quantitative estimate of drug-likeness (QED) is 0.602. The molecule has 0 unspecified atom stereocenters. The SMILES string of the molecule is Cc1cccc2cc(C(=O)N3Cc4cnn(-c5ccccc5)c4C3)[nH]c12. The number of aryl methyl sites for hydroxylation is 1. The van der Waals surface area contributed by atoms with E-state index in [1.807, 2.05) is 77.3 Å². The molecule has 2 aromatic carbocycles. The lowest BCUT2D eigenvalue weighted by Crippen LogP contribution is -2.26. The summed E-state index contributed by atoms with van der Waals surface area (Å²) in [5.41, 5.74) is 6.02. The molecule has 0 fully saturated rings. The highest BCUT2D eigenvalue weighted by Gasteiger charge is 2.29. The van der Waals surface area contributed by atoms with Crippen molar-refractivity contribution in [3.8, 4) is 5.69 Å². The van der Waals surface area contributed by atoms with Crippen molar-refractivity contribution in [3.05, 3.63) is 83.3 Å². The predicted octanol–water partition coefficient (Wildman–Crippen LogP) is 3.82. The molecule has 5 nitrogen and oxygen atoms in total. The number of hydrogen-bond acceptors (Lipinski definition) is 2. The summed E-state index contributed by atoms with van der Waals surface area (Å²) in [6, 6.07) is 18.1. The molecule has 1 aliphatic heterocycles. The first kappa shape index (κ1) is 15.0. The van der Waals surface area contributed by atoms with Crippen LogP contribution in [0.1, 0.15) is 27.3 Å². The Bertz CT molecular complexity index is 1120. The summed E-state index contributed by atoms with van der Waals surface area (Å²) in [5.74, 6) is 0.0245. The Labute approximate surface area is 150 Å². The minimum absolute atomic E-state index is 0.0245. The zero-order valence-electron chi connectivity index (χ0n) is 14.4. The summed E-state index contributed by atoms with van der Waals surface area (Å²) >= 11 is 0. The Hall–Kier alpha value is -3.34. The van der Waals surface area contributed by atoms with E-state index in [0.29, 0.717) is 18.8 Å². The Kier molecular flexibility index (Phi) is 3.22. The molecule has 128 valence electrons. The number of benzene rings is 2. The van der Waals surface area contributed by atoms with E-state index in [1.165, 1.54) is 0 Å². The van der Waals surface area contributed by atoms with Crippen LogP contribution in [0.2, 0.25) is 0 Å². The molecule has 0 atom stereocenters. The molecule has 0 radical (unpaired) electrons. The Balaban J connectivity index is 1.45. The monoisotopic (exact) mass is 342 g/mol. The van der Waals surface area contributed by atoms with Crippen LogP contribution in [0.25, 0.3) is 16.6 Å². The number of rotatable bonds is 2. The Morgan fingerprint density at radius 3 is 2.73 bits per heavy atom. The molecule has 0 spiro atoms. The van der Waals surface area contributed by atoms with Gasteiger partial charge in [0, 0.05) is 23.0 Å². The van der Waals surface area contributed by atoms with Gasteiger partial charge in [0.05, 0.1) is 24.1 Å². The van der Waals surface area contributed by atoms with Gasteiger partial charge in [0.2, 0.25) is 0 Å². The average Bonchev–Trinajstić information content (AvgIpc) is 3.36. The van der Waals surface area contributed by atoms with Crippen molar-refractivity contribution in [3.63, 3.8) is 0 Å². The second-order valence-electron chi connectivity index (χ2n) is 6.75. The molecule has 26 heavy (non-hydrogen) atoms. The number of hydrogen-bond donors (Lipinski definition) is 1. The maximum atomic E-state index is 13.0. The highest BCUT2D eigenvalue weighted by Crippen LogP contribution is 2.27. The third-order valence-corrected chi connectivity index (χ3v) is 5.04. The first-order valence-electron chi connectivity index (χ1n) is 8.69. The largest absolute Gasteiger partial charge is 0.350 e. The van der Waals surface area contributed by atoms with Gasteiger partial charge in [-0.25, -0.2) is 4.68 Å². The molecular formula is C21H18N4O. The van der Waals surface area contributed by atoms with Crippen LogP contribution in [0.4, 0.5) is 0 Å². The van der Waals surface area contributed by atoms with Crippen LogP contribution in [0, 0.1) is 6.92 Å². The van der Waals surface area contributed by atoms with Gasteiger partial charge in [-0.3, -0.25) is 4.79 Å². The van der Waals surface area contributed by atoms with Gasteiger partial charge in [0.15, 0.2) is 0 Å². The molecule has 0 bridgehead atoms. The minimum atomic E-state index is 0.0245. The third kappa shape index (κ3) is 2.24. The van der Waals surface area contributed by atoms with Crippen LogP contribution in [0.15, 0.2) is 60.8 Å². The fraction of sp³-hybridized carbons (Fsp3) is 0.143. The van der Waals surface area contributed by atoms with E-state index in [-0.39, 0.29) is 5.91 Å². The summed E-state index contributed by atoms with van der Waals surface area (Å²) < 4.78 is 1.93. The van der Waals surface area contributed by atoms with E-state index in [1.54, 1.807) is 0 Å². The standard InChI is InChI=1S/C21H18N4O/c1-14-6-5-7-15-10-18(23-20(14)15)21(26)24-12-16-11-22-25(19(16)13-24)17-8-3-2-4-9-17/h2-11,23H,12-13H2,1H3. The first-order valence-corrected chi connectivity index (χ1v) is 8.69. The van der Waals surface area contributed by atoms with Gasteiger partial charge < -0.3 is 9.88 Å². The van der Waals surface area contributed by atoms with E-state index < -0.39 is 0 Å². The van der Waals surface area contributed by atoms with Crippen molar-refractivity contribution in [1.82, 2.24) is 19.7 Å². The maximum Gasteiger partial charge on any atom is 0.270 e. The van der Waals surface area contributed by atoms with Crippen molar-refractivity contribution in [2.24, 2.45) is 0 Å². The zero-order chi connectivity index (χ0) is 17.7. The fourth-order valence-electron chi connectivity index (χ4n) is 3.68. The number of nitrogens with one attached hydrogen (secondary N) is 1. The summed E-state index contributed by atoms with van der Waals surface area (Å²) in [5, 5.41) is 5.56. The van der Waals surface area contributed by atoms with Gasteiger partial charge in [-0.15, -0.1) is 0 Å². The number of para-hydroxylation sites is 2. The summed E-state index contributed by atoms with van der Waals surface area (Å²) in [6.07, 6.45) is 1.87. The second-order valence-corrected chi connectivity index (χ2v) is 6.75.